The minimum absolute atomic E-state index is 0.147. The smallest absolute Gasteiger partial charge is 0.0543 e. The van der Waals surface area contributed by atoms with Crippen LogP contribution in [0.1, 0.15) is 43.7 Å². The second-order valence-corrected chi connectivity index (χ2v) is 4.17. The SMILES string of the molecule is NC(CC1CCCC1)c1ccnnc1. The van der Waals surface area contributed by atoms with Crippen molar-refractivity contribution in [2.75, 3.05) is 0 Å². The van der Waals surface area contributed by atoms with Crippen LogP contribution in [0.15, 0.2) is 18.5 Å². The lowest BCUT2D eigenvalue weighted by molar-refractivity contribution is 0.450. The van der Waals surface area contributed by atoms with Crippen LogP contribution < -0.4 is 5.73 Å². The first kappa shape index (κ1) is 9.59. The van der Waals surface area contributed by atoms with Gasteiger partial charge in [-0.2, -0.15) is 10.2 Å². The lowest BCUT2D eigenvalue weighted by Crippen LogP contribution is -2.14. The van der Waals surface area contributed by atoms with Gasteiger partial charge in [0, 0.05) is 12.2 Å². The summed E-state index contributed by atoms with van der Waals surface area (Å²) in [4.78, 5) is 0. The van der Waals surface area contributed by atoms with Gasteiger partial charge >= 0.3 is 0 Å². The van der Waals surface area contributed by atoms with E-state index in [1.807, 2.05) is 6.07 Å². The van der Waals surface area contributed by atoms with Crippen LogP contribution in [0.3, 0.4) is 0 Å². The predicted molar refractivity (Wildman–Crippen MR) is 55.5 cm³/mol. The molecule has 0 aliphatic heterocycles. The highest BCUT2D eigenvalue weighted by molar-refractivity contribution is 5.10. The van der Waals surface area contributed by atoms with Crippen LogP contribution in [-0.4, -0.2) is 10.2 Å². The Kier molecular flexibility index (Phi) is 3.09. The van der Waals surface area contributed by atoms with E-state index in [2.05, 4.69) is 10.2 Å². The Labute approximate surface area is 84.7 Å². The van der Waals surface area contributed by atoms with Gasteiger partial charge in [-0.05, 0) is 24.0 Å². The first-order chi connectivity index (χ1) is 6.86. The summed E-state index contributed by atoms with van der Waals surface area (Å²) in [6, 6.07) is 2.11. The minimum atomic E-state index is 0.147. The molecule has 0 radical (unpaired) electrons. The maximum atomic E-state index is 6.11. The van der Waals surface area contributed by atoms with Crippen LogP contribution in [0.2, 0.25) is 0 Å². The second kappa shape index (κ2) is 4.51. The number of nitrogens with zero attached hydrogens (tertiary/aromatic N) is 2. The highest BCUT2D eigenvalue weighted by atomic mass is 15.1. The molecule has 3 heteroatoms. The summed E-state index contributed by atoms with van der Waals surface area (Å²) in [6.07, 6.45) is 10.1. The van der Waals surface area contributed by atoms with E-state index in [1.54, 1.807) is 12.4 Å². The number of hydrogen-bond acceptors (Lipinski definition) is 3. The molecular weight excluding hydrogens is 174 g/mol. The highest BCUT2D eigenvalue weighted by Gasteiger charge is 2.18. The molecule has 14 heavy (non-hydrogen) atoms. The Morgan fingerprint density at radius 2 is 2.14 bits per heavy atom. The zero-order valence-electron chi connectivity index (χ0n) is 8.39. The van der Waals surface area contributed by atoms with Crippen molar-refractivity contribution < 1.29 is 0 Å². The third kappa shape index (κ3) is 2.29. The van der Waals surface area contributed by atoms with Gasteiger partial charge in [-0.3, -0.25) is 0 Å². The molecule has 2 rings (SSSR count). The van der Waals surface area contributed by atoms with E-state index in [9.17, 15) is 0 Å². The molecule has 1 aliphatic rings. The number of aromatic nitrogens is 2. The molecule has 0 bridgehead atoms. The van der Waals surface area contributed by atoms with Crippen molar-refractivity contribution in [3.05, 3.63) is 24.0 Å². The minimum Gasteiger partial charge on any atom is -0.324 e. The van der Waals surface area contributed by atoms with Crippen LogP contribution in [0.5, 0.6) is 0 Å². The second-order valence-electron chi connectivity index (χ2n) is 4.17. The van der Waals surface area contributed by atoms with Gasteiger partial charge in [-0.1, -0.05) is 25.7 Å². The summed E-state index contributed by atoms with van der Waals surface area (Å²) < 4.78 is 0. The number of hydrogen-bond donors (Lipinski definition) is 1. The first-order valence-corrected chi connectivity index (χ1v) is 5.38. The first-order valence-electron chi connectivity index (χ1n) is 5.38. The van der Waals surface area contributed by atoms with Crippen molar-refractivity contribution in [1.29, 1.82) is 0 Å². The van der Waals surface area contributed by atoms with Crippen LogP contribution in [-0.2, 0) is 0 Å². The van der Waals surface area contributed by atoms with E-state index in [4.69, 9.17) is 5.73 Å². The van der Waals surface area contributed by atoms with Gasteiger partial charge in [0.1, 0.15) is 0 Å². The van der Waals surface area contributed by atoms with E-state index in [1.165, 1.54) is 25.7 Å². The van der Waals surface area contributed by atoms with Gasteiger partial charge in [0.15, 0.2) is 0 Å². The zero-order valence-corrected chi connectivity index (χ0v) is 8.39. The Morgan fingerprint density at radius 3 is 2.79 bits per heavy atom. The topological polar surface area (TPSA) is 51.8 Å². The molecule has 2 N–H and O–H groups in total. The lowest BCUT2D eigenvalue weighted by Gasteiger charge is -2.15. The van der Waals surface area contributed by atoms with E-state index in [-0.39, 0.29) is 6.04 Å². The highest BCUT2D eigenvalue weighted by Crippen LogP contribution is 2.31. The molecule has 0 spiro atoms. The Morgan fingerprint density at radius 1 is 1.36 bits per heavy atom. The molecule has 1 aromatic rings. The van der Waals surface area contributed by atoms with E-state index < -0.39 is 0 Å². The summed E-state index contributed by atoms with van der Waals surface area (Å²) in [6.45, 7) is 0. The van der Waals surface area contributed by atoms with Crippen molar-refractivity contribution in [1.82, 2.24) is 10.2 Å². The third-order valence-corrected chi connectivity index (χ3v) is 3.10. The van der Waals surface area contributed by atoms with Gasteiger partial charge in [0.25, 0.3) is 0 Å². The normalized spacial score (nSPS) is 19.8. The van der Waals surface area contributed by atoms with Gasteiger partial charge in [-0.25, -0.2) is 0 Å². The summed E-state index contributed by atoms with van der Waals surface area (Å²) in [5.74, 6) is 0.832. The number of rotatable bonds is 3. The molecule has 76 valence electrons. The largest absolute Gasteiger partial charge is 0.324 e. The van der Waals surface area contributed by atoms with E-state index in [0.717, 1.165) is 17.9 Å². The summed E-state index contributed by atoms with van der Waals surface area (Å²) in [7, 11) is 0. The molecule has 1 fully saturated rings. The molecule has 1 aliphatic carbocycles. The fraction of sp³-hybridized carbons (Fsp3) is 0.636. The van der Waals surface area contributed by atoms with Crippen molar-refractivity contribution >= 4 is 0 Å². The summed E-state index contributed by atoms with van der Waals surface area (Å²) in [5, 5.41) is 7.60. The fourth-order valence-electron chi connectivity index (χ4n) is 2.26. The van der Waals surface area contributed by atoms with Crippen molar-refractivity contribution in [3.8, 4) is 0 Å². The zero-order chi connectivity index (χ0) is 9.80. The predicted octanol–water partition coefficient (Wildman–Crippen LogP) is 2.06. The average Bonchev–Trinajstić information content (AvgIpc) is 2.72. The molecule has 0 amide bonds. The van der Waals surface area contributed by atoms with Gasteiger partial charge in [0.2, 0.25) is 0 Å². The maximum Gasteiger partial charge on any atom is 0.0543 e. The van der Waals surface area contributed by atoms with Gasteiger partial charge < -0.3 is 5.73 Å². The van der Waals surface area contributed by atoms with E-state index >= 15 is 0 Å². The molecule has 1 unspecified atom stereocenters. The maximum absolute atomic E-state index is 6.11. The molecule has 0 saturated heterocycles. The Hall–Kier alpha value is -0.960. The monoisotopic (exact) mass is 191 g/mol. The molecule has 1 heterocycles. The Balaban J connectivity index is 1.92. The Bertz CT molecular complexity index is 267. The van der Waals surface area contributed by atoms with Gasteiger partial charge in [-0.15, -0.1) is 0 Å². The molecule has 1 atom stereocenters. The lowest BCUT2D eigenvalue weighted by atomic mass is 9.95. The summed E-state index contributed by atoms with van der Waals surface area (Å²) in [5.41, 5.74) is 7.22. The third-order valence-electron chi connectivity index (χ3n) is 3.10. The van der Waals surface area contributed by atoms with Crippen LogP contribution in [0.25, 0.3) is 0 Å². The number of nitrogens with two attached hydrogens (primary N) is 1. The fourth-order valence-corrected chi connectivity index (χ4v) is 2.26. The quantitative estimate of drug-likeness (QED) is 0.795. The average molecular weight is 191 g/mol. The molecule has 1 aromatic heterocycles. The van der Waals surface area contributed by atoms with Gasteiger partial charge in [0.05, 0.1) is 6.20 Å². The standard InChI is InChI=1S/C11H17N3/c12-11(7-9-3-1-2-4-9)10-5-6-13-14-8-10/h5-6,8-9,11H,1-4,7,12H2. The van der Waals surface area contributed by atoms with Crippen LogP contribution >= 0.6 is 0 Å². The summed E-state index contributed by atoms with van der Waals surface area (Å²) >= 11 is 0. The van der Waals surface area contributed by atoms with Crippen molar-refractivity contribution in [3.63, 3.8) is 0 Å². The van der Waals surface area contributed by atoms with Crippen molar-refractivity contribution in [2.45, 2.75) is 38.1 Å². The molecular formula is C11H17N3. The van der Waals surface area contributed by atoms with Crippen LogP contribution in [0, 0.1) is 5.92 Å². The molecule has 3 nitrogen and oxygen atoms in total. The van der Waals surface area contributed by atoms with Crippen LogP contribution in [0.4, 0.5) is 0 Å². The molecule has 0 aromatic carbocycles. The van der Waals surface area contributed by atoms with Crippen molar-refractivity contribution in [2.24, 2.45) is 11.7 Å². The van der Waals surface area contributed by atoms with E-state index in [0.29, 0.717) is 0 Å². The molecule has 1 saturated carbocycles.